The van der Waals surface area contributed by atoms with E-state index in [1.54, 1.807) is 6.92 Å². The third-order valence-corrected chi connectivity index (χ3v) is 4.91. The van der Waals surface area contributed by atoms with Gasteiger partial charge in [0.05, 0.1) is 12.2 Å². The van der Waals surface area contributed by atoms with Gasteiger partial charge in [-0.15, -0.1) is 0 Å². The molecule has 0 N–H and O–H groups in total. The lowest BCUT2D eigenvalue weighted by atomic mass is 9.86. The molecule has 0 bridgehead atoms. The average molecular weight is 334 g/mol. The summed E-state index contributed by atoms with van der Waals surface area (Å²) in [6.45, 7) is 1.71. The standard InChI is InChI=1S/C23H26O2/c1-18(24)21-16-22(14-12-19-8-4-2-5-9-19)25-23(17-21)15-13-20-10-6-3-7-11-20/h2-12,14,21-23H,13,15-17H2,1H3/b14-12+/t21-,22-,23+/m0/s1. The van der Waals surface area contributed by atoms with Crippen LogP contribution in [-0.4, -0.2) is 18.0 Å². The number of hydrogen-bond acceptors (Lipinski definition) is 2. The Balaban J connectivity index is 1.63. The van der Waals surface area contributed by atoms with Crippen LogP contribution in [0.3, 0.4) is 0 Å². The molecule has 1 heterocycles. The topological polar surface area (TPSA) is 26.3 Å². The van der Waals surface area contributed by atoms with Crippen LogP contribution in [0.2, 0.25) is 0 Å². The molecule has 1 aliphatic rings. The Morgan fingerprint density at radius 3 is 2.40 bits per heavy atom. The second kappa shape index (κ2) is 8.77. The first-order valence-electron chi connectivity index (χ1n) is 9.14. The Kier molecular flexibility index (Phi) is 6.19. The molecule has 0 aliphatic carbocycles. The molecule has 130 valence electrons. The van der Waals surface area contributed by atoms with Crippen molar-refractivity contribution in [3.63, 3.8) is 0 Å². The van der Waals surface area contributed by atoms with Crippen LogP contribution in [0.1, 0.15) is 37.3 Å². The van der Waals surface area contributed by atoms with Crippen LogP contribution >= 0.6 is 0 Å². The van der Waals surface area contributed by atoms with Gasteiger partial charge in [0, 0.05) is 5.92 Å². The largest absolute Gasteiger partial charge is 0.371 e. The van der Waals surface area contributed by atoms with Crippen LogP contribution in [0.25, 0.3) is 6.08 Å². The average Bonchev–Trinajstić information content (AvgIpc) is 2.66. The van der Waals surface area contributed by atoms with Gasteiger partial charge < -0.3 is 4.74 Å². The molecule has 0 amide bonds. The molecule has 1 fully saturated rings. The van der Waals surface area contributed by atoms with Gasteiger partial charge in [-0.05, 0) is 43.7 Å². The molecule has 0 unspecified atom stereocenters. The van der Waals surface area contributed by atoms with Crippen molar-refractivity contribution in [1.29, 1.82) is 0 Å². The quantitative estimate of drug-likeness (QED) is 0.736. The number of rotatable bonds is 6. The highest BCUT2D eigenvalue weighted by Gasteiger charge is 2.30. The Hall–Kier alpha value is -2.19. The van der Waals surface area contributed by atoms with Crippen molar-refractivity contribution in [2.24, 2.45) is 5.92 Å². The molecule has 0 aromatic heterocycles. The Labute approximate surface area is 150 Å². The summed E-state index contributed by atoms with van der Waals surface area (Å²) in [5, 5.41) is 0. The first-order valence-corrected chi connectivity index (χ1v) is 9.14. The molecule has 0 saturated carbocycles. The van der Waals surface area contributed by atoms with Crippen molar-refractivity contribution in [1.82, 2.24) is 0 Å². The zero-order chi connectivity index (χ0) is 17.5. The maximum absolute atomic E-state index is 12.0. The molecule has 2 aromatic rings. The van der Waals surface area contributed by atoms with Crippen LogP contribution in [0.5, 0.6) is 0 Å². The molecule has 25 heavy (non-hydrogen) atoms. The maximum atomic E-state index is 12.0. The number of aryl methyl sites for hydroxylation is 1. The number of hydrogen-bond donors (Lipinski definition) is 0. The molecule has 2 aromatic carbocycles. The molecule has 0 radical (unpaired) electrons. The number of ether oxygens (including phenoxy) is 1. The molecular formula is C23H26O2. The monoisotopic (exact) mass is 334 g/mol. The highest BCUT2D eigenvalue weighted by molar-refractivity contribution is 5.78. The summed E-state index contributed by atoms with van der Waals surface area (Å²) in [5.74, 6) is 0.395. The van der Waals surface area contributed by atoms with Crippen LogP contribution in [-0.2, 0) is 16.0 Å². The number of benzene rings is 2. The Morgan fingerprint density at radius 1 is 1.04 bits per heavy atom. The Bertz CT molecular complexity index is 691. The van der Waals surface area contributed by atoms with E-state index in [1.807, 2.05) is 24.3 Å². The van der Waals surface area contributed by atoms with Crippen molar-refractivity contribution in [3.05, 3.63) is 77.9 Å². The zero-order valence-corrected chi connectivity index (χ0v) is 14.8. The van der Waals surface area contributed by atoms with Gasteiger partial charge in [-0.3, -0.25) is 4.79 Å². The predicted molar refractivity (Wildman–Crippen MR) is 102 cm³/mol. The van der Waals surface area contributed by atoms with E-state index in [-0.39, 0.29) is 23.9 Å². The van der Waals surface area contributed by atoms with Crippen LogP contribution in [0.15, 0.2) is 66.7 Å². The van der Waals surface area contributed by atoms with E-state index in [2.05, 4.69) is 48.6 Å². The van der Waals surface area contributed by atoms with Gasteiger partial charge >= 0.3 is 0 Å². The van der Waals surface area contributed by atoms with Crippen molar-refractivity contribution in [2.75, 3.05) is 0 Å². The summed E-state index contributed by atoms with van der Waals surface area (Å²) in [5.41, 5.74) is 2.49. The second-order valence-corrected chi connectivity index (χ2v) is 6.87. The first kappa shape index (κ1) is 17.6. The molecule has 0 spiro atoms. The van der Waals surface area contributed by atoms with E-state index in [4.69, 9.17) is 4.74 Å². The third kappa shape index (κ3) is 5.40. The van der Waals surface area contributed by atoms with E-state index in [1.165, 1.54) is 5.56 Å². The van der Waals surface area contributed by atoms with Crippen LogP contribution in [0, 0.1) is 5.92 Å². The van der Waals surface area contributed by atoms with Gasteiger partial charge in [0.15, 0.2) is 0 Å². The molecule has 2 nitrogen and oxygen atoms in total. The minimum absolute atomic E-state index is 0.0172. The third-order valence-electron chi connectivity index (χ3n) is 4.91. The van der Waals surface area contributed by atoms with E-state index in [9.17, 15) is 4.79 Å². The lowest BCUT2D eigenvalue weighted by molar-refractivity contribution is -0.128. The molecule has 3 atom stereocenters. The van der Waals surface area contributed by atoms with Gasteiger partial charge in [-0.2, -0.15) is 0 Å². The van der Waals surface area contributed by atoms with Crippen molar-refractivity contribution >= 4 is 11.9 Å². The number of Topliss-reactive ketones (excluding diaryl/α,β-unsaturated/α-hetero) is 1. The highest BCUT2D eigenvalue weighted by atomic mass is 16.5. The van der Waals surface area contributed by atoms with E-state index >= 15 is 0 Å². The fourth-order valence-corrected chi connectivity index (χ4v) is 3.45. The highest BCUT2D eigenvalue weighted by Crippen LogP contribution is 2.29. The summed E-state index contributed by atoms with van der Waals surface area (Å²) in [4.78, 5) is 12.0. The number of ketones is 1. The van der Waals surface area contributed by atoms with Gasteiger partial charge in [-0.25, -0.2) is 0 Å². The van der Waals surface area contributed by atoms with Gasteiger partial charge in [0.2, 0.25) is 0 Å². The first-order chi connectivity index (χ1) is 12.2. The summed E-state index contributed by atoms with van der Waals surface area (Å²) in [6.07, 6.45) is 7.96. The summed E-state index contributed by atoms with van der Waals surface area (Å²) in [6, 6.07) is 20.7. The fourth-order valence-electron chi connectivity index (χ4n) is 3.45. The molecule has 1 saturated heterocycles. The van der Waals surface area contributed by atoms with Crippen molar-refractivity contribution in [3.8, 4) is 0 Å². The maximum Gasteiger partial charge on any atom is 0.133 e. The molecular weight excluding hydrogens is 308 g/mol. The van der Waals surface area contributed by atoms with E-state index in [0.717, 1.165) is 31.2 Å². The minimum atomic E-state index is 0.0172. The van der Waals surface area contributed by atoms with Crippen LogP contribution in [0.4, 0.5) is 0 Å². The summed E-state index contributed by atoms with van der Waals surface area (Å²) < 4.78 is 6.27. The van der Waals surface area contributed by atoms with E-state index in [0.29, 0.717) is 0 Å². The van der Waals surface area contributed by atoms with Gasteiger partial charge in [0.1, 0.15) is 5.78 Å². The fraction of sp³-hybridized carbons (Fsp3) is 0.348. The van der Waals surface area contributed by atoms with E-state index < -0.39 is 0 Å². The summed E-state index contributed by atoms with van der Waals surface area (Å²) >= 11 is 0. The SMILES string of the molecule is CC(=O)[C@@H]1C[C@@H](CCc2ccccc2)O[C@@H](/C=C/c2ccccc2)C1. The van der Waals surface area contributed by atoms with Crippen LogP contribution < -0.4 is 0 Å². The molecule has 1 aliphatic heterocycles. The van der Waals surface area contributed by atoms with Gasteiger partial charge in [-0.1, -0.05) is 72.8 Å². The van der Waals surface area contributed by atoms with Gasteiger partial charge in [0.25, 0.3) is 0 Å². The lowest BCUT2D eigenvalue weighted by Crippen LogP contribution is -2.35. The van der Waals surface area contributed by atoms with Crippen molar-refractivity contribution < 1.29 is 9.53 Å². The smallest absolute Gasteiger partial charge is 0.133 e. The Morgan fingerprint density at radius 2 is 1.72 bits per heavy atom. The minimum Gasteiger partial charge on any atom is -0.371 e. The number of carbonyl (C=O) groups excluding carboxylic acids is 1. The zero-order valence-electron chi connectivity index (χ0n) is 14.8. The predicted octanol–water partition coefficient (Wildman–Crippen LogP) is 5.09. The molecule has 3 rings (SSSR count). The lowest BCUT2D eigenvalue weighted by Gasteiger charge is -2.33. The summed E-state index contributed by atoms with van der Waals surface area (Å²) in [7, 11) is 0. The van der Waals surface area contributed by atoms with Crippen molar-refractivity contribution in [2.45, 2.75) is 44.8 Å². The normalized spacial score (nSPS) is 23.6. The second-order valence-electron chi connectivity index (χ2n) is 6.87. The number of carbonyl (C=O) groups is 1. The molecule has 2 heteroatoms.